The number of guanidine groups is 1. The van der Waals surface area contributed by atoms with E-state index in [1.807, 2.05) is 20.8 Å². The van der Waals surface area contributed by atoms with E-state index in [2.05, 4.69) is 53.8 Å². The van der Waals surface area contributed by atoms with E-state index < -0.39 is 11.7 Å². The Hall–Kier alpha value is -2.24. The van der Waals surface area contributed by atoms with Crippen LogP contribution in [0.2, 0.25) is 0 Å². The Kier molecular flexibility index (Phi) is 7.74. The molecule has 1 aromatic carbocycles. The Bertz CT molecular complexity index is 595. The molecule has 0 aromatic heterocycles. The van der Waals surface area contributed by atoms with Gasteiger partial charge in [0.1, 0.15) is 5.60 Å². The lowest BCUT2D eigenvalue weighted by Gasteiger charge is -2.20. The number of ether oxygens (including phenoxy) is 1. The largest absolute Gasteiger partial charge is 0.444 e. The number of alkyl carbamates (subject to hydrolysis) is 1. The van der Waals surface area contributed by atoms with Gasteiger partial charge in [-0.25, -0.2) is 4.79 Å². The fraction of sp³-hybridized carbons (Fsp3) is 0.579. The highest BCUT2D eigenvalue weighted by atomic mass is 16.6. The van der Waals surface area contributed by atoms with Crippen LogP contribution in [0.5, 0.6) is 0 Å². The minimum absolute atomic E-state index is 0.414. The van der Waals surface area contributed by atoms with Crippen LogP contribution < -0.4 is 16.0 Å². The van der Waals surface area contributed by atoms with Crippen molar-refractivity contribution >= 4 is 12.1 Å². The van der Waals surface area contributed by atoms with E-state index in [1.54, 1.807) is 7.05 Å². The Balaban J connectivity index is 2.40. The van der Waals surface area contributed by atoms with Crippen molar-refractivity contribution in [3.05, 3.63) is 34.4 Å². The molecule has 6 heteroatoms. The monoisotopic (exact) mass is 348 g/mol. The SMILES string of the molecule is CN=C(NCCNC(=O)OC(C)(C)C)NCc1c(C)cc(C)cc1C. The zero-order valence-corrected chi connectivity index (χ0v) is 16.5. The van der Waals surface area contributed by atoms with Crippen molar-refractivity contribution in [3.63, 3.8) is 0 Å². The summed E-state index contributed by atoms with van der Waals surface area (Å²) in [5, 5.41) is 9.20. The summed E-state index contributed by atoms with van der Waals surface area (Å²) in [5.74, 6) is 0.699. The average Bonchev–Trinajstić information content (AvgIpc) is 2.46. The minimum Gasteiger partial charge on any atom is -0.444 e. The molecular weight excluding hydrogens is 316 g/mol. The summed E-state index contributed by atoms with van der Waals surface area (Å²) in [6.45, 7) is 13.6. The number of aliphatic imine (C=N–C) groups is 1. The molecule has 0 aliphatic heterocycles. The molecule has 0 aliphatic carbocycles. The molecular formula is C19H32N4O2. The number of benzene rings is 1. The van der Waals surface area contributed by atoms with Crippen molar-refractivity contribution in [2.45, 2.75) is 53.7 Å². The number of carbonyl (C=O) groups excluding carboxylic acids is 1. The van der Waals surface area contributed by atoms with Crippen LogP contribution in [-0.2, 0) is 11.3 Å². The van der Waals surface area contributed by atoms with Gasteiger partial charge in [-0.05, 0) is 58.2 Å². The van der Waals surface area contributed by atoms with Crippen molar-refractivity contribution in [1.29, 1.82) is 0 Å². The second-order valence-corrected chi connectivity index (χ2v) is 7.16. The average molecular weight is 348 g/mol. The molecule has 0 heterocycles. The Morgan fingerprint density at radius 1 is 1.04 bits per heavy atom. The molecule has 1 amide bonds. The van der Waals surface area contributed by atoms with Crippen molar-refractivity contribution in [2.75, 3.05) is 20.1 Å². The highest BCUT2D eigenvalue weighted by Crippen LogP contribution is 2.15. The molecule has 6 nitrogen and oxygen atoms in total. The van der Waals surface area contributed by atoms with Gasteiger partial charge in [-0.2, -0.15) is 0 Å². The third kappa shape index (κ3) is 7.92. The summed E-state index contributed by atoms with van der Waals surface area (Å²) < 4.78 is 5.19. The molecule has 0 fully saturated rings. The standard InChI is InChI=1S/C19H32N4O2/c1-13-10-14(2)16(15(3)11-13)12-23-17(20-7)21-8-9-22-18(24)25-19(4,5)6/h10-11H,8-9,12H2,1-7H3,(H,22,24)(H2,20,21,23). The first-order chi connectivity index (χ1) is 11.6. The molecule has 0 radical (unpaired) electrons. The molecule has 0 saturated heterocycles. The van der Waals surface area contributed by atoms with Gasteiger partial charge in [-0.1, -0.05) is 17.7 Å². The lowest BCUT2D eigenvalue weighted by Crippen LogP contribution is -2.42. The minimum atomic E-state index is -0.487. The second kappa shape index (κ2) is 9.30. The number of hydrogen-bond donors (Lipinski definition) is 3. The molecule has 0 spiro atoms. The quantitative estimate of drug-likeness (QED) is 0.434. The fourth-order valence-corrected chi connectivity index (χ4v) is 2.54. The Morgan fingerprint density at radius 2 is 1.60 bits per heavy atom. The number of rotatable bonds is 5. The molecule has 3 N–H and O–H groups in total. The number of amides is 1. The van der Waals surface area contributed by atoms with Gasteiger partial charge in [-0.15, -0.1) is 0 Å². The Morgan fingerprint density at radius 3 is 2.12 bits per heavy atom. The molecule has 0 saturated carbocycles. The molecule has 0 atom stereocenters. The topological polar surface area (TPSA) is 74.8 Å². The van der Waals surface area contributed by atoms with Gasteiger partial charge in [0, 0.05) is 26.7 Å². The zero-order valence-electron chi connectivity index (χ0n) is 16.5. The first kappa shape index (κ1) is 20.8. The molecule has 25 heavy (non-hydrogen) atoms. The van der Waals surface area contributed by atoms with E-state index in [9.17, 15) is 4.79 Å². The van der Waals surface area contributed by atoms with Crippen LogP contribution in [0.4, 0.5) is 4.79 Å². The van der Waals surface area contributed by atoms with Crippen molar-refractivity contribution < 1.29 is 9.53 Å². The van der Waals surface area contributed by atoms with Crippen LogP contribution in [0, 0.1) is 20.8 Å². The number of carbonyl (C=O) groups is 1. The van der Waals surface area contributed by atoms with Gasteiger partial charge in [-0.3, -0.25) is 4.99 Å². The van der Waals surface area contributed by atoms with Gasteiger partial charge in [0.05, 0.1) is 0 Å². The third-order valence-corrected chi connectivity index (χ3v) is 3.58. The van der Waals surface area contributed by atoms with Gasteiger partial charge >= 0.3 is 6.09 Å². The van der Waals surface area contributed by atoms with E-state index in [1.165, 1.54) is 22.3 Å². The van der Waals surface area contributed by atoms with Gasteiger partial charge in [0.25, 0.3) is 0 Å². The zero-order chi connectivity index (χ0) is 19.0. The normalized spacial score (nSPS) is 11.9. The number of nitrogens with one attached hydrogen (secondary N) is 3. The summed E-state index contributed by atoms with van der Waals surface area (Å²) >= 11 is 0. The van der Waals surface area contributed by atoms with Crippen molar-refractivity contribution in [1.82, 2.24) is 16.0 Å². The predicted octanol–water partition coefficient (Wildman–Crippen LogP) is 2.80. The Labute approximate surface area is 151 Å². The van der Waals surface area contributed by atoms with Crippen LogP contribution in [0.15, 0.2) is 17.1 Å². The van der Waals surface area contributed by atoms with Crippen molar-refractivity contribution in [2.24, 2.45) is 4.99 Å². The summed E-state index contributed by atoms with van der Waals surface area (Å²) in [7, 11) is 1.73. The maximum Gasteiger partial charge on any atom is 0.407 e. The smallest absolute Gasteiger partial charge is 0.407 e. The molecule has 0 aliphatic rings. The number of nitrogens with zero attached hydrogens (tertiary/aromatic N) is 1. The van der Waals surface area contributed by atoms with Gasteiger partial charge < -0.3 is 20.7 Å². The van der Waals surface area contributed by atoms with Gasteiger partial charge in [0.2, 0.25) is 0 Å². The van der Waals surface area contributed by atoms with Crippen LogP contribution >= 0.6 is 0 Å². The van der Waals surface area contributed by atoms with E-state index in [0.717, 1.165) is 0 Å². The highest BCUT2D eigenvalue weighted by molar-refractivity contribution is 5.79. The number of aryl methyl sites for hydroxylation is 3. The third-order valence-electron chi connectivity index (χ3n) is 3.58. The number of hydrogen-bond acceptors (Lipinski definition) is 3. The van der Waals surface area contributed by atoms with Crippen LogP contribution in [0.25, 0.3) is 0 Å². The summed E-state index contributed by atoms with van der Waals surface area (Å²) in [5.41, 5.74) is 4.60. The van der Waals surface area contributed by atoms with E-state index >= 15 is 0 Å². The molecule has 1 aromatic rings. The van der Waals surface area contributed by atoms with Crippen LogP contribution in [-0.4, -0.2) is 37.8 Å². The van der Waals surface area contributed by atoms with Crippen LogP contribution in [0.3, 0.4) is 0 Å². The highest BCUT2D eigenvalue weighted by Gasteiger charge is 2.15. The predicted molar refractivity (Wildman–Crippen MR) is 103 cm³/mol. The first-order valence-electron chi connectivity index (χ1n) is 8.60. The molecule has 0 bridgehead atoms. The molecule has 140 valence electrons. The van der Waals surface area contributed by atoms with Gasteiger partial charge in [0.15, 0.2) is 5.96 Å². The summed E-state index contributed by atoms with van der Waals surface area (Å²) in [4.78, 5) is 15.8. The fourth-order valence-electron chi connectivity index (χ4n) is 2.54. The maximum absolute atomic E-state index is 11.6. The second-order valence-electron chi connectivity index (χ2n) is 7.16. The van der Waals surface area contributed by atoms with Crippen molar-refractivity contribution in [3.8, 4) is 0 Å². The van der Waals surface area contributed by atoms with E-state index in [-0.39, 0.29) is 0 Å². The summed E-state index contributed by atoms with van der Waals surface area (Å²) in [6, 6.07) is 4.37. The lowest BCUT2D eigenvalue weighted by molar-refractivity contribution is 0.0529. The van der Waals surface area contributed by atoms with E-state index in [0.29, 0.717) is 25.6 Å². The molecule has 0 unspecified atom stereocenters. The van der Waals surface area contributed by atoms with Crippen LogP contribution in [0.1, 0.15) is 43.0 Å². The summed E-state index contributed by atoms with van der Waals surface area (Å²) in [6.07, 6.45) is -0.414. The maximum atomic E-state index is 11.6. The first-order valence-corrected chi connectivity index (χ1v) is 8.60. The van der Waals surface area contributed by atoms with E-state index in [4.69, 9.17) is 4.74 Å². The lowest BCUT2D eigenvalue weighted by atomic mass is 10.00. The molecule has 1 rings (SSSR count).